The molecule has 132 valence electrons. The van der Waals surface area contributed by atoms with Crippen molar-refractivity contribution in [3.05, 3.63) is 48.3 Å². The van der Waals surface area contributed by atoms with Gasteiger partial charge in [-0.25, -0.2) is 0 Å². The molecule has 1 aliphatic rings. The van der Waals surface area contributed by atoms with Crippen molar-refractivity contribution in [3.63, 3.8) is 0 Å². The largest absolute Gasteiger partial charge is 0.493 e. The van der Waals surface area contributed by atoms with Gasteiger partial charge in [-0.05, 0) is 36.6 Å². The number of ether oxygens (including phenoxy) is 2. The molecule has 25 heavy (non-hydrogen) atoms. The number of nitrogens with zero attached hydrogens (tertiary/aromatic N) is 1. The second-order valence-corrected chi connectivity index (χ2v) is 5.97. The van der Waals surface area contributed by atoms with E-state index in [0.29, 0.717) is 19.6 Å². The van der Waals surface area contributed by atoms with Gasteiger partial charge in [-0.1, -0.05) is 12.1 Å². The van der Waals surface area contributed by atoms with E-state index < -0.39 is 0 Å². The van der Waals surface area contributed by atoms with Crippen LogP contribution in [0.4, 0.5) is 5.69 Å². The number of aromatic nitrogens is 1. The van der Waals surface area contributed by atoms with Crippen molar-refractivity contribution in [1.29, 1.82) is 0 Å². The normalized spacial score (nSPS) is 15.6. The summed E-state index contributed by atoms with van der Waals surface area (Å²) >= 11 is 0. The maximum absolute atomic E-state index is 12.3. The summed E-state index contributed by atoms with van der Waals surface area (Å²) < 4.78 is 11.1. The summed E-state index contributed by atoms with van der Waals surface area (Å²) in [7, 11) is 1.62. The predicted octanol–water partition coefficient (Wildman–Crippen LogP) is 2.26. The SMILES string of the molecule is COc1cccc2c1OCC(C(=O)NCCCNc1cccnc1)C2. The summed E-state index contributed by atoms with van der Waals surface area (Å²) in [6.07, 6.45) is 5.04. The number of anilines is 1. The molecule has 1 aromatic heterocycles. The smallest absolute Gasteiger partial charge is 0.226 e. The zero-order valence-electron chi connectivity index (χ0n) is 14.3. The van der Waals surface area contributed by atoms with Gasteiger partial charge < -0.3 is 20.1 Å². The second kappa shape index (κ2) is 8.37. The lowest BCUT2D eigenvalue weighted by Crippen LogP contribution is -2.38. The van der Waals surface area contributed by atoms with Crippen molar-refractivity contribution in [1.82, 2.24) is 10.3 Å². The van der Waals surface area contributed by atoms with E-state index in [2.05, 4.69) is 15.6 Å². The molecule has 0 saturated heterocycles. The van der Waals surface area contributed by atoms with Crippen molar-refractivity contribution in [2.75, 3.05) is 32.1 Å². The van der Waals surface area contributed by atoms with Gasteiger partial charge in [0.05, 0.1) is 18.7 Å². The third kappa shape index (κ3) is 4.41. The molecule has 1 unspecified atom stereocenters. The number of hydrogen-bond acceptors (Lipinski definition) is 5. The molecule has 1 aromatic carbocycles. The predicted molar refractivity (Wildman–Crippen MR) is 96.0 cm³/mol. The molecule has 3 rings (SSSR count). The molecule has 6 heteroatoms. The van der Waals surface area contributed by atoms with E-state index in [4.69, 9.17) is 9.47 Å². The third-order valence-electron chi connectivity index (χ3n) is 4.19. The van der Waals surface area contributed by atoms with E-state index >= 15 is 0 Å². The summed E-state index contributed by atoms with van der Waals surface area (Å²) in [6, 6.07) is 9.63. The molecule has 0 spiro atoms. The maximum Gasteiger partial charge on any atom is 0.226 e. The maximum atomic E-state index is 12.3. The molecule has 1 amide bonds. The van der Waals surface area contributed by atoms with Crippen LogP contribution < -0.4 is 20.1 Å². The molecule has 2 aromatic rings. The lowest BCUT2D eigenvalue weighted by atomic mass is 9.95. The van der Waals surface area contributed by atoms with Gasteiger partial charge in [0.15, 0.2) is 11.5 Å². The van der Waals surface area contributed by atoms with E-state index in [1.54, 1.807) is 19.5 Å². The Hall–Kier alpha value is -2.76. The Morgan fingerprint density at radius 3 is 3.04 bits per heavy atom. The first-order valence-corrected chi connectivity index (χ1v) is 8.48. The number of para-hydroxylation sites is 1. The monoisotopic (exact) mass is 341 g/mol. The lowest BCUT2D eigenvalue weighted by Gasteiger charge is -2.25. The number of nitrogens with one attached hydrogen (secondary N) is 2. The van der Waals surface area contributed by atoms with Crippen molar-refractivity contribution in [2.24, 2.45) is 5.92 Å². The number of pyridine rings is 1. The highest BCUT2D eigenvalue weighted by Gasteiger charge is 2.27. The zero-order valence-corrected chi connectivity index (χ0v) is 14.3. The summed E-state index contributed by atoms with van der Waals surface area (Å²) in [5, 5.41) is 6.26. The Morgan fingerprint density at radius 2 is 2.24 bits per heavy atom. The molecule has 6 nitrogen and oxygen atoms in total. The Bertz CT molecular complexity index is 706. The summed E-state index contributed by atoms with van der Waals surface area (Å²) in [4.78, 5) is 16.4. The van der Waals surface area contributed by atoms with Crippen LogP contribution in [0.3, 0.4) is 0 Å². The zero-order chi connectivity index (χ0) is 17.5. The molecule has 0 saturated carbocycles. The molecule has 1 atom stereocenters. The molecule has 1 aliphatic heterocycles. The topological polar surface area (TPSA) is 72.5 Å². The summed E-state index contributed by atoms with van der Waals surface area (Å²) in [5.74, 6) is 1.35. The average molecular weight is 341 g/mol. The minimum absolute atomic E-state index is 0.0369. The molecule has 2 heterocycles. The van der Waals surface area contributed by atoms with Crippen LogP contribution in [-0.2, 0) is 11.2 Å². The van der Waals surface area contributed by atoms with E-state index in [0.717, 1.165) is 35.7 Å². The standard InChI is InChI=1S/C19H23N3O3/c1-24-17-7-2-5-14-11-15(13-25-18(14)17)19(23)22-10-4-9-21-16-6-3-8-20-12-16/h2-3,5-8,12,15,21H,4,9-11,13H2,1H3,(H,22,23). The van der Waals surface area contributed by atoms with E-state index in [9.17, 15) is 4.79 Å². The number of methoxy groups -OCH3 is 1. The van der Waals surface area contributed by atoms with Crippen LogP contribution in [0.5, 0.6) is 11.5 Å². The first kappa shape index (κ1) is 17.1. The fraction of sp³-hybridized carbons (Fsp3) is 0.368. The van der Waals surface area contributed by atoms with Crippen LogP contribution in [0.15, 0.2) is 42.7 Å². The molecule has 0 aliphatic carbocycles. The van der Waals surface area contributed by atoms with E-state index in [-0.39, 0.29) is 11.8 Å². The number of hydrogen-bond donors (Lipinski definition) is 2. The third-order valence-corrected chi connectivity index (χ3v) is 4.19. The van der Waals surface area contributed by atoms with Gasteiger partial charge in [0.25, 0.3) is 0 Å². The highest BCUT2D eigenvalue weighted by molar-refractivity contribution is 5.79. The van der Waals surface area contributed by atoms with Crippen LogP contribution in [0, 0.1) is 5.92 Å². The van der Waals surface area contributed by atoms with Crippen molar-refractivity contribution >= 4 is 11.6 Å². The van der Waals surface area contributed by atoms with Crippen LogP contribution in [-0.4, -0.2) is 37.7 Å². The van der Waals surface area contributed by atoms with Crippen molar-refractivity contribution in [2.45, 2.75) is 12.8 Å². The number of benzene rings is 1. The molecule has 2 N–H and O–H groups in total. The lowest BCUT2D eigenvalue weighted by molar-refractivity contribution is -0.126. The summed E-state index contributed by atoms with van der Waals surface area (Å²) in [5.41, 5.74) is 2.00. The van der Waals surface area contributed by atoms with Crippen LogP contribution in [0.2, 0.25) is 0 Å². The first-order valence-electron chi connectivity index (χ1n) is 8.48. The Balaban J connectivity index is 1.42. The van der Waals surface area contributed by atoms with Crippen LogP contribution >= 0.6 is 0 Å². The fourth-order valence-corrected chi connectivity index (χ4v) is 2.87. The van der Waals surface area contributed by atoms with E-state index in [1.165, 1.54) is 0 Å². The van der Waals surface area contributed by atoms with Gasteiger partial charge in [-0.2, -0.15) is 0 Å². The van der Waals surface area contributed by atoms with Gasteiger partial charge in [0.2, 0.25) is 5.91 Å². The number of carbonyl (C=O) groups is 1. The summed E-state index contributed by atoms with van der Waals surface area (Å²) in [6.45, 7) is 1.80. The molecule has 0 fully saturated rings. The van der Waals surface area contributed by atoms with Gasteiger partial charge in [-0.15, -0.1) is 0 Å². The highest BCUT2D eigenvalue weighted by atomic mass is 16.5. The average Bonchev–Trinajstić information content (AvgIpc) is 2.67. The Labute approximate surface area is 147 Å². The number of carbonyl (C=O) groups excluding carboxylic acids is 1. The van der Waals surface area contributed by atoms with Crippen molar-refractivity contribution in [3.8, 4) is 11.5 Å². The highest BCUT2D eigenvalue weighted by Crippen LogP contribution is 2.35. The number of rotatable bonds is 7. The second-order valence-electron chi connectivity index (χ2n) is 5.97. The fourth-order valence-electron chi connectivity index (χ4n) is 2.87. The Kier molecular flexibility index (Phi) is 5.72. The van der Waals surface area contributed by atoms with Crippen LogP contribution in [0.25, 0.3) is 0 Å². The minimum Gasteiger partial charge on any atom is -0.493 e. The van der Waals surface area contributed by atoms with Gasteiger partial charge >= 0.3 is 0 Å². The van der Waals surface area contributed by atoms with Gasteiger partial charge in [0.1, 0.15) is 6.61 Å². The Morgan fingerprint density at radius 1 is 1.32 bits per heavy atom. The number of fused-ring (bicyclic) bond motifs is 1. The van der Waals surface area contributed by atoms with Crippen LogP contribution in [0.1, 0.15) is 12.0 Å². The quantitative estimate of drug-likeness (QED) is 0.756. The van der Waals surface area contributed by atoms with Gasteiger partial charge in [0, 0.05) is 25.5 Å². The van der Waals surface area contributed by atoms with E-state index in [1.807, 2.05) is 30.3 Å². The first-order chi connectivity index (χ1) is 12.3. The molecule has 0 radical (unpaired) electrons. The number of amides is 1. The van der Waals surface area contributed by atoms with Crippen molar-refractivity contribution < 1.29 is 14.3 Å². The van der Waals surface area contributed by atoms with Gasteiger partial charge in [-0.3, -0.25) is 9.78 Å². The minimum atomic E-state index is -0.161. The molecular formula is C19H23N3O3. The molecule has 0 bridgehead atoms. The molecular weight excluding hydrogens is 318 g/mol.